The van der Waals surface area contributed by atoms with Crippen molar-refractivity contribution in [3.8, 4) is 0 Å². The Morgan fingerprint density at radius 2 is 2.00 bits per heavy atom. The smallest absolute Gasteiger partial charge is 0.123 e. The highest BCUT2D eigenvalue weighted by molar-refractivity contribution is 5.26. The van der Waals surface area contributed by atoms with E-state index in [-0.39, 0.29) is 5.82 Å². The Bertz CT molecular complexity index is 409. The van der Waals surface area contributed by atoms with Gasteiger partial charge in [-0.1, -0.05) is 6.07 Å². The predicted octanol–water partition coefficient (Wildman–Crippen LogP) is 3.10. The fourth-order valence-electron chi connectivity index (χ4n) is 2.73. The molecule has 1 aliphatic rings. The number of rotatable bonds is 4. The van der Waals surface area contributed by atoms with Crippen molar-refractivity contribution in [2.45, 2.75) is 52.2 Å². The van der Waals surface area contributed by atoms with Crippen LogP contribution in [0.1, 0.15) is 37.8 Å². The molecule has 0 unspecified atom stereocenters. The Labute approximate surface area is 116 Å². The zero-order valence-corrected chi connectivity index (χ0v) is 12.2. The highest BCUT2D eigenvalue weighted by atomic mass is 19.1. The Balaban J connectivity index is 1.80. The Kier molecular flexibility index (Phi) is 4.94. The van der Waals surface area contributed by atoms with Crippen LogP contribution >= 0.6 is 0 Å². The number of nitrogens with one attached hydrogen (secondary N) is 1. The van der Waals surface area contributed by atoms with Crippen LogP contribution in [-0.2, 0) is 6.54 Å². The van der Waals surface area contributed by atoms with Crippen molar-refractivity contribution in [1.29, 1.82) is 0 Å². The molecule has 0 amide bonds. The second-order valence-corrected chi connectivity index (χ2v) is 5.86. The monoisotopic (exact) mass is 264 g/mol. The van der Waals surface area contributed by atoms with E-state index in [1.165, 1.54) is 31.5 Å². The molecule has 0 aromatic heterocycles. The molecule has 1 N–H and O–H groups in total. The van der Waals surface area contributed by atoms with Crippen molar-refractivity contribution < 1.29 is 4.39 Å². The molecule has 0 radical (unpaired) electrons. The predicted molar refractivity (Wildman–Crippen MR) is 77.7 cm³/mol. The first-order chi connectivity index (χ1) is 9.06. The summed E-state index contributed by atoms with van der Waals surface area (Å²) in [6.45, 7) is 9.70. The van der Waals surface area contributed by atoms with Crippen LogP contribution in [0.15, 0.2) is 18.2 Å². The van der Waals surface area contributed by atoms with Gasteiger partial charge in [0.2, 0.25) is 0 Å². The van der Waals surface area contributed by atoms with E-state index >= 15 is 0 Å². The lowest BCUT2D eigenvalue weighted by Gasteiger charge is -2.35. The van der Waals surface area contributed by atoms with Crippen LogP contribution in [0.5, 0.6) is 0 Å². The van der Waals surface area contributed by atoms with Gasteiger partial charge in [-0.25, -0.2) is 4.39 Å². The third kappa shape index (κ3) is 4.02. The lowest BCUT2D eigenvalue weighted by molar-refractivity contribution is 0.161. The number of nitrogens with zero attached hydrogens (tertiary/aromatic N) is 1. The molecule has 1 aromatic carbocycles. The van der Waals surface area contributed by atoms with Crippen LogP contribution in [-0.4, -0.2) is 30.1 Å². The molecule has 0 spiro atoms. The minimum Gasteiger partial charge on any atom is -0.310 e. The average Bonchev–Trinajstić information content (AvgIpc) is 2.38. The molecule has 2 nitrogen and oxygen atoms in total. The number of halogens is 1. The van der Waals surface area contributed by atoms with Crippen LogP contribution < -0.4 is 5.32 Å². The Morgan fingerprint density at radius 3 is 2.58 bits per heavy atom. The van der Waals surface area contributed by atoms with Crippen LogP contribution in [0.3, 0.4) is 0 Å². The molecule has 0 bridgehead atoms. The number of piperidine rings is 1. The van der Waals surface area contributed by atoms with Crippen molar-refractivity contribution in [3.05, 3.63) is 35.1 Å². The molecule has 0 aliphatic carbocycles. The molecular weight excluding hydrogens is 239 g/mol. The summed E-state index contributed by atoms with van der Waals surface area (Å²) in [6.07, 6.45) is 2.41. The molecule has 1 heterocycles. The molecule has 3 heteroatoms. The topological polar surface area (TPSA) is 15.3 Å². The standard InChI is InChI=1S/C16H25FN2/c1-12(2)19-8-6-16(7-9-19)18-11-14-4-5-15(17)10-13(14)3/h4-5,10,12,16,18H,6-9,11H2,1-3H3. The van der Waals surface area contributed by atoms with E-state index in [4.69, 9.17) is 0 Å². The summed E-state index contributed by atoms with van der Waals surface area (Å²) in [6, 6.07) is 6.30. The molecule has 1 aromatic rings. The molecule has 1 aliphatic heterocycles. The van der Waals surface area contributed by atoms with Crippen LogP contribution in [0, 0.1) is 12.7 Å². The lowest BCUT2D eigenvalue weighted by Crippen LogP contribution is -2.44. The summed E-state index contributed by atoms with van der Waals surface area (Å²) < 4.78 is 13.0. The fourth-order valence-corrected chi connectivity index (χ4v) is 2.73. The maximum absolute atomic E-state index is 13.0. The van der Waals surface area contributed by atoms with Gasteiger partial charge in [-0.05, 0) is 70.0 Å². The summed E-state index contributed by atoms with van der Waals surface area (Å²) in [5, 5.41) is 3.61. The first kappa shape index (κ1) is 14.5. The van der Waals surface area contributed by atoms with Crippen LogP contribution in [0.2, 0.25) is 0 Å². The quantitative estimate of drug-likeness (QED) is 0.899. The molecule has 106 valence electrons. The van der Waals surface area contributed by atoms with E-state index in [2.05, 4.69) is 24.1 Å². The van der Waals surface area contributed by atoms with Crippen LogP contribution in [0.4, 0.5) is 4.39 Å². The van der Waals surface area contributed by atoms with Gasteiger partial charge in [0.25, 0.3) is 0 Å². The van der Waals surface area contributed by atoms with E-state index in [9.17, 15) is 4.39 Å². The maximum atomic E-state index is 13.0. The minimum absolute atomic E-state index is 0.147. The third-order valence-electron chi connectivity index (χ3n) is 4.15. The highest BCUT2D eigenvalue weighted by Crippen LogP contribution is 2.15. The van der Waals surface area contributed by atoms with E-state index in [0.717, 1.165) is 12.1 Å². The summed E-state index contributed by atoms with van der Waals surface area (Å²) in [5.74, 6) is -0.147. The zero-order chi connectivity index (χ0) is 13.8. The van der Waals surface area contributed by atoms with Crippen molar-refractivity contribution in [3.63, 3.8) is 0 Å². The van der Waals surface area contributed by atoms with E-state index in [0.29, 0.717) is 12.1 Å². The van der Waals surface area contributed by atoms with E-state index in [1.807, 2.05) is 13.0 Å². The maximum Gasteiger partial charge on any atom is 0.123 e. The number of aryl methyl sites for hydroxylation is 1. The molecule has 0 atom stereocenters. The summed E-state index contributed by atoms with van der Waals surface area (Å²) in [5.41, 5.74) is 2.24. The van der Waals surface area contributed by atoms with Gasteiger partial charge in [0.05, 0.1) is 0 Å². The van der Waals surface area contributed by atoms with Crippen molar-refractivity contribution in [2.24, 2.45) is 0 Å². The molecule has 19 heavy (non-hydrogen) atoms. The van der Waals surface area contributed by atoms with E-state index < -0.39 is 0 Å². The van der Waals surface area contributed by atoms with Crippen LogP contribution in [0.25, 0.3) is 0 Å². The van der Waals surface area contributed by atoms with Gasteiger partial charge in [-0.3, -0.25) is 0 Å². The molecule has 1 saturated heterocycles. The normalized spacial score (nSPS) is 18.2. The van der Waals surface area contributed by atoms with Gasteiger partial charge in [-0.15, -0.1) is 0 Å². The molecule has 2 rings (SSSR count). The van der Waals surface area contributed by atoms with Crippen molar-refractivity contribution in [2.75, 3.05) is 13.1 Å². The Hall–Kier alpha value is -0.930. The summed E-state index contributed by atoms with van der Waals surface area (Å²) in [4.78, 5) is 2.53. The number of hydrogen-bond acceptors (Lipinski definition) is 2. The van der Waals surface area contributed by atoms with Crippen molar-refractivity contribution >= 4 is 0 Å². The SMILES string of the molecule is Cc1cc(F)ccc1CNC1CCN(C(C)C)CC1. The number of benzene rings is 1. The molecular formula is C16H25FN2. The molecule has 0 saturated carbocycles. The summed E-state index contributed by atoms with van der Waals surface area (Å²) >= 11 is 0. The third-order valence-corrected chi connectivity index (χ3v) is 4.15. The van der Waals surface area contributed by atoms with Gasteiger partial charge in [0.15, 0.2) is 0 Å². The van der Waals surface area contributed by atoms with Gasteiger partial charge in [0.1, 0.15) is 5.82 Å². The summed E-state index contributed by atoms with van der Waals surface area (Å²) in [7, 11) is 0. The largest absolute Gasteiger partial charge is 0.310 e. The highest BCUT2D eigenvalue weighted by Gasteiger charge is 2.20. The van der Waals surface area contributed by atoms with E-state index in [1.54, 1.807) is 12.1 Å². The fraction of sp³-hybridized carbons (Fsp3) is 0.625. The zero-order valence-electron chi connectivity index (χ0n) is 12.2. The second kappa shape index (κ2) is 6.49. The second-order valence-electron chi connectivity index (χ2n) is 5.86. The molecule has 1 fully saturated rings. The van der Waals surface area contributed by atoms with Crippen molar-refractivity contribution in [1.82, 2.24) is 10.2 Å². The lowest BCUT2D eigenvalue weighted by atomic mass is 10.0. The minimum atomic E-state index is -0.147. The van der Waals surface area contributed by atoms with Gasteiger partial charge < -0.3 is 10.2 Å². The first-order valence-corrected chi connectivity index (χ1v) is 7.28. The first-order valence-electron chi connectivity index (χ1n) is 7.28. The van der Waals surface area contributed by atoms with Gasteiger partial charge in [-0.2, -0.15) is 0 Å². The van der Waals surface area contributed by atoms with Gasteiger partial charge >= 0.3 is 0 Å². The number of likely N-dealkylation sites (tertiary alicyclic amines) is 1. The average molecular weight is 264 g/mol. The number of hydrogen-bond donors (Lipinski definition) is 1. The van der Waals surface area contributed by atoms with Gasteiger partial charge in [0, 0.05) is 18.6 Å². The Morgan fingerprint density at radius 1 is 1.32 bits per heavy atom.